The standard InChI is InChI=1S/C13H11F3OS2/c1-17-9-5-3-8(4-6-9)11-12(18-2)10(7-19-11)13(14,15)16/h3-7H,1-2H3. The summed E-state index contributed by atoms with van der Waals surface area (Å²) >= 11 is 2.23. The van der Waals surface area contributed by atoms with Crippen molar-refractivity contribution in [1.29, 1.82) is 0 Å². The highest BCUT2D eigenvalue weighted by Crippen LogP contribution is 2.45. The Morgan fingerprint density at radius 2 is 1.79 bits per heavy atom. The Bertz CT molecular complexity index is 558. The van der Waals surface area contributed by atoms with Gasteiger partial charge in [0.2, 0.25) is 0 Å². The van der Waals surface area contributed by atoms with Crippen LogP contribution >= 0.6 is 23.1 Å². The maximum atomic E-state index is 12.9. The number of halogens is 3. The highest BCUT2D eigenvalue weighted by atomic mass is 32.2. The lowest BCUT2D eigenvalue weighted by Crippen LogP contribution is -2.04. The largest absolute Gasteiger partial charge is 0.497 e. The first-order valence-corrected chi connectivity index (χ1v) is 7.45. The molecule has 1 nitrogen and oxygen atoms in total. The summed E-state index contributed by atoms with van der Waals surface area (Å²) in [5.74, 6) is 0.682. The summed E-state index contributed by atoms with van der Waals surface area (Å²) in [6.45, 7) is 0. The second-order valence-corrected chi connectivity index (χ2v) is 5.43. The number of rotatable bonds is 3. The zero-order chi connectivity index (χ0) is 14.0. The van der Waals surface area contributed by atoms with E-state index < -0.39 is 11.7 Å². The number of hydrogen-bond acceptors (Lipinski definition) is 3. The highest BCUT2D eigenvalue weighted by Gasteiger charge is 2.35. The van der Waals surface area contributed by atoms with Crippen molar-refractivity contribution in [2.75, 3.05) is 13.4 Å². The molecule has 2 aromatic rings. The van der Waals surface area contributed by atoms with Gasteiger partial charge in [-0.05, 0) is 36.1 Å². The molecule has 0 aliphatic carbocycles. The van der Waals surface area contributed by atoms with Gasteiger partial charge >= 0.3 is 6.18 Å². The summed E-state index contributed by atoms with van der Waals surface area (Å²) in [4.78, 5) is 0.921. The van der Waals surface area contributed by atoms with Gasteiger partial charge in [0.25, 0.3) is 0 Å². The van der Waals surface area contributed by atoms with Crippen LogP contribution in [0.5, 0.6) is 5.75 Å². The monoisotopic (exact) mass is 304 g/mol. The third-order valence-corrected chi connectivity index (χ3v) is 4.60. The first-order valence-electron chi connectivity index (χ1n) is 5.34. The Kier molecular flexibility index (Phi) is 4.10. The molecule has 0 unspecified atom stereocenters. The van der Waals surface area contributed by atoms with Crippen LogP contribution in [0.3, 0.4) is 0 Å². The molecule has 0 spiro atoms. The number of ether oxygens (including phenoxy) is 1. The fourth-order valence-electron chi connectivity index (χ4n) is 1.69. The van der Waals surface area contributed by atoms with Crippen molar-refractivity contribution >= 4 is 23.1 Å². The van der Waals surface area contributed by atoms with Crippen molar-refractivity contribution in [3.8, 4) is 16.2 Å². The molecule has 0 saturated carbocycles. The lowest BCUT2D eigenvalue weighted by molar-refractivity contribution is -0.139. The van der Waals surface area contributed by atoms with Gasteiger partial charge in [-0.15, -0.1) is 23.1 Å². The van der Waals surface area contributed by atoms with E-state index in [0.29, 0.717) is 10.6 Å². The van der Waals surface area contributed by atoms with E-state index >= 15 is 0 Å². The van der Waals surface area contributed by atoms with Crippen LogP contribution < -0.4 is 4.74 Å². The molecule has 0 atom stereocenters. The molecule has 1 heterocycles. The third kappa shape index (κ3) is 2.90. The van der Waals surface area contributed by atoms with Crippen molar-refractivity contribution < 1.29 is 17.9 Å². The van der Waals surface area contributed by atoms with E-state index in [1.165, 1.54) is 5.38 Å². The van der Waals surface area contributed by atoms with Gasteiger partial charge in [-0.2, -0.15) is 13.2 Å². The Hall–Kier alpha value is -1.14. The van der Waals surface area contributed by atoms with Gasteiger partial charge in [0.1, 0.15) is 5.75 Å². The van der Waals surface area contributed by atoms with E-state index in [1.54, 1.807) is 37.6 Å². The van der Waals surface area contributed by atoms with Crippen molar-refractivity contribution in [3.63, 3.8) is 0 Å². The van der Waals surface area contributed by atoms with E-state index in [2.05, 4.69) is 0 Å². The number of hydrogen-bond donors (Lipinski definition) is 0. The van der Waals surface area contributed by atoms with Gasteiger partial charge < -0.3 is 4.74 Å². The van der Waals surface area contributed by atoms with Gasteiger partial charge in [0.05, 0.1) is 12.7 Å². The molecule has 19 heavy (non-hydrogen) atoms. The summed E-state index contributed by atoms with van der Waals surface area (Å²) in [6.07, 6.45) is -2.65. The number of thiophene rings is 1. The van der Waals surface area contributed by atoms with Crippen LogP contribution in [0.25, 0.3) is 10.4 Å². The van der Waals surface area contributed by atoms with Crippen LogP contribution in [0.4, 0.5) is 13.2 Å². The summed E-state index contributed by atoms with van der Waals surface area (Å²) < 4.78 is 43.6. The summed E-state index contributed by atoms with van der Waals surface area (Å²) in [6, 6.07) is 7.02. The maximum Gasteiger partial charge on any atom is 0.418 e. The quantitative estimate of drug-likeness (QED) is 0.724. The number of alkyl halides is 3. The Morgan fingerprint density at radius 3 is 2.26 bits per heavy atom. The number of methoxy groups -OCH3 is 1. The van der Waals surface area contributed by atoms with Gasteiger partial charge in [0, 0.05) is 15.2 Å². The topological polar surface area (TPSA) is 9.23 Å². The molecular weight excluding hydrogens is 293 g/mol. The predicted octanol–water partition coefficient (Wildman–Crippen LogP) is 5.16. The molecule has 0 bridgehead atoms. The fourth-order valence-corrected chi connectivity index (χ4v) is 3.83. The van der Waals surface area contributed by atoms with Crippen molar-refractivity contribution in [3.05, 3.63) is 35.2 Å². The second-order valence-electron chi connectivity index (χ2n) is 3.74. The lowest BCUT2D eigenvalue weighted by atomic mass is 10.1. The zero-order valence-corrected chi connectivity index (χ0v) is 11.9. The summed E-state index contributed by atoms with van der Waals surface area (Å²) in [5, 5.41) is 1.17. The normalized spacial score (nSPS) is 11.6. The fraction of sp³-hybridized carbons (Fsp3) is 0.231. The Morgan fingerprint density at radius 1 is 1.16 bits per heavy atom. The van der Waals surface area contributed by atoms with E-state index in [9.17, 15) is 13.2 Å². The van der Waals surface area contributed by atoms with Crippen LogP contribution in [0, 0.1) is 0 Å². The van der Waals surface area contributed by atoms with Crippen LogP contribution in [0.15, 0.2) is 34.5 Å². The molecule has 1 aromatic carbocycles. The van der Waals surface area contributed by atoms with E-state index in [-0.39, 0.29) is 4.90 Å². The predicted molar refractivity (Wildman–Crippen MR) is 73.1 cm³/mol. The second kappa shape index (κ2) is 5.46. The minimum absolute atomic E-state index is 0.280. The molecule has 0 saturated heterocycles. The first kappa shape index (κ1) is 14.3. The Labute approximate surface area is 117 Å². The average Bonchev–Trinajstić information content (AvgIpc) is 2.82. The van der Waals surface area contributed by atoms with Crippen LogP contribution in [0.2, 0.25) is 0 Å². The molecule has 0 aliphatic rings. The molecule has 0 amide bonds. The molecule has 1 aromatic heterocycles. The molecular formula is C13H11F3OS2. The van der Waals surface area contributed by atoms with E-state index in [0.717, 1.165) is 28.7 Å². The summed E-state index contributed by atoms with van der Waals surface area (Å²) in [5.41, 5.74) is 0.210. The minimum Gasteiger partial charge on any atom is -0.497 e. The lowest BCUT2D eigenvalue weighted by Gasteiger charge is -2.08. The molecule has 102 valence electrons. The van der Waals surface area contributed by atoms with Crippen LogP contribution in [-0.2, 0) is 6.18 Å². The van der Waals surface area contributed by atoms with Gasteiger partial charge in [-0.1, -0.05) is 0 Å². The molecule has 0 aliphatic heterocycles. The van der Waals surface area contributed by atoms with Crippen LogP contribution in [-0.4, -0.2) is 13.4 Å². The van der Waals surface area contributed by atoms with Gasteiger partial charge in [-0.25, -0.2) is 0 Å². The van der Waals surface area contributed by atoms with Crippen molar-refractivity contribution in [1.82, 2.24) is 0 Å². The minimum atomic E-state index is -4.31. The highest BCUT2D eigenvalue weighted by molar-refractivity contribution is 7.99. The third-order valence-electron chi connectivity index (χ3n) is 2.61. The van der Waals surface area contributed by atoms with Crippen molar-refractivity contribution in [2.24, 2.45) is 0 Å². The number of benzene rings is 1. The SMILES string of the molecule is COc1ccc(-c2scc(C(F)(F)F)c2SC)cc1. The maximum absolute atomic E-state index is 12.9. The smallest absolute Gasteiger partial charge is 0.418 e. The van der Waals surface area contributed by atoms with Gasteiger partial charge in [0.15, 0.2) is 0 Å². The number of thioether (sulfide) groups is 1. The first-order chi connectivity index (χ1) is 8.97. The van der Waals surface area contributed by atoms with E-state index in [1.807, 2.05) is 0 Å². The molecule has 0 radical (unpaired) electrons. The summed E-state index contributed by atoms with van der Waals surface area (Å²) in [7, 11) is 1.55. The van der Waals surface area contributed by atoms with E-state index in [4.69, 9.17) is 4.74 Å². The molecule has 2 rings (SSSR count). The Balaban J connectivity index is 2.47. The van der Waals surface area contributed by atoms with Crippen molar-refractivity contribution in [2.45, 2.75) is 11.1 Å². The molecule has 0 N–H and O–H groups in total. The zero-order valence-electron chi connectivity index (χ0n) is 10.2. The molecule has 6 heteroatoms. The van der Waals surface area contributed by atoms with Crippen LogP contribution in [0.1, 0.15) is 5.56 Å². The molecule has 0 fully saturated rings. The average molecular weight is 304 g/mol. The van der Waals surface area contributed by atoms with Gasteiger partial charge in [-0.3, -0.25) is 0 Å².